The molecular formula is C31H39N3O2. The van der Waals surface area contributed by atoms with Crippen LogP contribution in [0.1, 0.15) is 57.2 Å². The van der Waals surface area contributed by atoms with E-state index in [4.69, 9.17) is 14.6 Å². The molecule has 36 heavy (non-hydrogen) atoms. The van der Waals surface area contributed by atoms with Gasteiger partial charge in [-0.3, -0.25) is 0 Å². The van der Waals surface area contributed by atoms with Crippen molar-refractivity contribution in [3.8, 4) is 0 Å². The molecule has 1 fully saturated rings. The van der Waals surface area contributed by atoms with Crippen molar-refractivity contribution in [3.05, 3.63) is 95.6 Å². The minimum absolute atomic E-state index is 0.137. The summed E-state index contributed by atoms with van der Waals surface area (Å²) in [6.07, 6.45) is 1.84. The smallest absolute Gasteiger partial charge is 0.314 e. The Balaban J connectivity index is 1.54. The average molecular weight is 486 g/mol. The van der Waals surface area contributed by atoms with Crippen LogP contribution in [-0.4, -0.2) is 28.3 Å². The second-order valence-corrected chi connectivity index (χ2v) is 11.1. The molecule has 0 radical (unpaired) electrons. The molecule has 0 bridgehead atoms. The molecule has 4 rings (SSSR count). The monoisotopic (exact) mass is 485 g/mol. The number of aryl methyl sites for hydroxylation is 2. The average Bonchev–Trinajstić information content (AvgIpc) is 2.83. The van der Waals surface area contributed by atoms with Crippen molar-refractivity contribution in [2.24, 2.45) is 4.99 Å². The van der Waals surface area contributed by atoms with E-state index in [1.165, 1.54) is 16.7 Å². The van der Waals surface area contributed by atoms with Crippen molar-refractivity contribution < 1.29 is 9.57 Å². The minimum atomic E-state index is -0.272. The summed E-state index contributed by atoms with van der Waals surface area (Å²) in [5, 5.41) is 5.50. The highest BCUT2D eigenvalue weighted by Crippen LogP contribution is 2.40. The fourth-order valence-corrected chi connectivity index (χ4v) is 4.98. The lowest BCUT2D eigenvalue weighted by atomic mass is 9.80. The Hall–Kier alpha value is -3.15. The van der Waals surface area contributed by atoms with Gasteiger partial charge in [0.1, 0.15) is 0 Å². The third kappa shape index (κ3) is 6.74. The highest BCUT2D eigenvalue weighted by Gasteiger charge is 2.48. The van der Waals surface area contributed by atoms with Gasteiger partial charge in [-0.25, -0.2) is 0 Å². The van der Waals surface area contributed by atoms with Crippen LogP contribution in [0.3, 0.4) is 0 Å². The zero-order chi connectivity index (χ0) is 25.8. The van der Waals surface area contributed by atoms with Crippen LogP contribution in [0.25, 0.3) is 0 Å². The Morgan fingerprint density at radius 3 is 1.97 bits per heavy atom. The summed E-state index contributed by atoms with van der Waals surface area (Å²) in [7, 11) is 0. The van der Waals surface area contributed by atoms with Gasteiger partial charge in [-0.05, 0) is 84.2 Å². The predicted octanol–water partition coefficient (Wildman–Crippen LogP) is 7.57. The quantitative estimate of drug-likeness (QED) is 0.289. The van der Waals surface area contributed by atoms with Crippen LogP contribution in [0, 0.1) is 13.8 Å². The SMILES string of the molecule is Cc1ccc(N=C(Nc2ccc(C)cc2)ON2C(C)(C)CC(OCc3ccccc3)CC2(C)C)cc1. The number of ether oxygens (including phenoxy) is 1. The van der Waals surface area contributed by atoms with Crippen molar-refractivity contribution in [1.29, 1.82) is 0 Å². The fraction of sp³-hybridized carbons (Fsp3) is 0.387. The molecule has 0 amide bonds. The van der Waals surface area contributed by atoms with E-state index in [-0.39, 0.29) is 17.2 Å². The second kappa shape index (κ2) is 10.9. The van der Waals surface area contributed by atoms with Crippen molar-refractivity contribution in [2.75, 3.05) is 5.32 Å². The number of anilines is 1. The van der Waals surface area contributed by atoms with Gasteiger partial charge < -0.3 is 14.9 Å². The molecule has 0 saturated carbocycles. The topological polar surface area (TPSA) is 46.1 Å². The summed E-state index contributed by atoms with van der Waals surface area (Å²) in [5.41, 5.74) is 4.83. The van der Waals surface area contributed by atoms with Gasteiger partial charge in [-0.15, -0.1) is 5.06 Å². The number of amidine groups is 1. The summed E-state index contributed by atoms with van der Waals surface area (Å²) >= 11 is 0. The van der Waals surface area contributed by atoms with Crippen molar-refractivity contribution in [2.45, 2.75) is 78.2 Å². The first-order valence-electron chi connectivity index (χ1n) is 12.7. The lowest BCUT2D eigenvalue weighted by Crippen LogP contribution is -2.62. The van der Waals surface area contributed by atoms with Gasteiger partial charge in [0.05, 0.1) is 29.5 Å². The molecular weight excluding hydrogens is 446 g/mol. The molecule has 1 aliphatic rings. The summed E-state index contributed by atoms with van der Waals surface area (Å²) < 4.78 is 6.38. The molecule has 3 aromatic carbocycles. The van der Waals surface area contributed by atoms with E-state index in [1.807, 2.05) is 30.3 Å². The summed E-state index contributed by atoms with van der Waals surface area (Å²) in [4.78, 5) is 11.5. The van der Waals surface area contributed by atoms with Gasteiger partial charge in [0.2, 0.25) is 0 Å². The van der Waals surface area contributed by atoms with E-state index in [0.29, 0.717) is 12.6 Å². The maximum atomic E-state index is 6.62. The molecule has 1 heterocycles. The predicted molar refractivity (Wildman–Crippen MR) is 148 cm³/mol. The number of aliphatic imine (C=N–C) groups is 1. The van der Waals surface area contributed by atoms with E-state index in [9.17, 15) is 0 Å². The number of rotatable bonds is 6. The summed E-state index contributed by atoms with van der Waals surface area (Å²) in [6, 6.07) is 27.2. The number of benzene rings is 3. The van der Waals surface area contributed by atoms with Crippen LogP contribution in [-0.2, 0) is 16.2 Å². The second-order valence-electron chi connectivity index (χ2n) is 11.1. The number of nitrogens with one attached hydrogen (secondary N) is 1. The highest BCUT2D eigenvalue weighted by atomic mass is 16.7. The van der Waals surface area contributed by atoms with E-state index >= 15 is 0 Å². The van der Waals surface area contributed by atoms with Gasteiger partial charge >= 0.3 is 6.02 Å². The van der Waals surface area contributed by atoms with E-state index < -0.39 is 0 Å². The molecule has 1 saturated heterocycles. The first kappa shape index (κ1) is 25.9. The lowest BCUT2D eigenvalue weighted by Gasteiger charge is -2.52. The molecule has 0 aromatic heterocycles. The molecule has 5 nitrogen and oxygen atoms in total. The van der Waals surface area contributed by atoms with E-state index in [0.717, 1.165) is 24.2 Å². The van der Waals surface area contributed by atoms with Crippen molar-refractivity contribution in [1.82, 2.24) is 5.06 Å². The standard InChI is InChI=1S/C31H39N3O2/c1-23-12-16-26(17-13-23)32-29(33-27-18-14-24(2)15-19-27)36-34-30(3,4)20-28(21-31(34,5)6)35-22-25-10-8-7-9-11-25/h7-19,28H,20-22H2,1-6H3,(H,32,33). The third-order valence-corrected chi connectivity index (χ3v) is 6.63. The maximum absolute atomic E-state index is 6.62. The third-order valence-electron chi connectivity index (χ3n) is 6.63. The van der Waals surface area contributed by atoms with Crippen LogP contribution in [0.15, 0.2) is 83.9 Å². The number of hydroxylamine groups is 2. The van der Waals surface area contributed by atoms with Gasteiger partial charge in [-0.2, -0.15) is 4.99 Å². The number of piperidine rings is 1. The Bertz CT molecular complexity index is 1130. The normalized spacial score (nSPS) is 18.1. The van der Waals surface area contributed by atoms with Crippen LogP contribution >= 0.6 is 0 Å². The van der Waals surface area contributed by atoms with Gasteiger partial charge in [0.15, 0.2) is 0 Å². The van der Waals surface area contributed by atoms with E-state index in [2.05, 4.69) is 100 Å². The first-order chi connectivity index (χ1) is 17.1. The Morgan fingerprint density at radius 1 is 0.833 bits per heavy atom. The molecule has 0 aliphatic carbocycles. The molecule has 3 aromatic rings. The highest BCUT2D eigenvalue weighted by molar-refractivity contribution is 5.90. The number of hydrogen-bond donors (Lipinski definition) is 1. The van der Waals surface area contributed by atoms with Crippen LogP contribution in [0.2, 0.25) is 0 Å². The number of nitrogens with zero attached hydrogens (tertiary/aromatic N) is 2. The first-order valence-corrected chi connectivity index (χ1v) is 12.7. The van der Waals surface area contributed by atoms with Crippen LogP contribution in [0.5, 0.6) is 0 Å². The largest absolute Gasteiger partial charge is 0.373 e. The van der Waals surface area contributed by atoms with Crippen molar-refractivity contribution in [3.63, 3.8) is 0 Å². The zero-order valence-corrected chi connectivity index (χ0v) is 22.4. The summed E-state index contributed by atoms with van der Waals surface area (Å²) in [6.45, 7) is 13.6. The molecule has 0 spiro atoms. The maximum Gasteiger partial charge on any atom is 0.314 e. The van der Waals surface area contributed by atoms with Crippen LogP contribution < -0.4 is 5.32 Å². The molecule has 1 aliphatic heterocycles. The Kier molecular flexibility index (Phi) is 7.82. The summed E-state index contributed by atoms with van der Waals surface area (Å²) in [5.74, 6) is 0. The lowest BCUT2D eigenvalue weighted by molar-refractivity contribution is -0.249. The molecule has 5 heteroatoms. The fourth-order valence-electron chi connectivity index (χ4n) is 4.98. The Morgan fingerprint density at radius 2 is 1.39 bits per heavy atom. The van der Waals surface area contributed by atoms with Gasteiger partial charge in [-0.1, -0.05) is 65.7 Å². The zero-order valence-electron chi connectivity index (χ0n) is 22.4. The molecule has 0 atom stereocenters. The van der Waals surface area contributed by atoms with Gasteiger partial charge in [0, 0.05) is 5.69 Å². The van der Waals surface area contributed by atoms with E-state index in [1.54, 1.807) is 0 Å². The molecule has 1 N–H and O–H groups in total. The van der Waals surface area contributed by atoms with Crippen LogP contribution in [0.4, 0.5) is 11.4 Å². The number of hydrogen-bond acceptors (Lipinski definition) is 4. The van der Waals surface area contributed by atoms with Crippen molar-refractivity contribution >= 4 is 17.4 Å². The Labute approximate surface area is 216 Å². The molecule has 0 unspecified atom stereocenters. The minimum Gasteiger partial charge on any atom is -0.373 e. The van der Waals surface area contributed by atoms with Gasteiger partial charge in [0.25, 0.3) is 0 Å². The molecule has 190 valence electrons.